The minimum atomic E-state index is 0.180. The van der Waals surface area contributed by atoms with Gasteiger partial charge in [-0.3, -0.25) is 4.79 Å². The summed E-state index contributed by atoms with van der Waals surface area (Å²) in [5, 5.41) is 0. The molecule has 0 atom stereocenters. The SMILES string of the molecule is CCCOc1cccc(CCCCCC(=O)C(C)C)c1C. The minimum absolute atomic E-state index is 0.180. The maximum atomic E-state index is 11.6. The summed E-state index contributed by atoms with van der Waals surface area (Å²) in [6.45, 7) is 9.00. The molecule has 0 N–H and O–H groups in total. The van der Waals surface area contributed by atoms with Gasteiger partial charge < -0.3 is 4.74 Å². The molecule has 0 bridgehead atoms. The average molecular weight is 290 g/mol. The van der Waals surface area contributed by atoms with E-state index in [0.717, 1.165) is 50.9 Å². The molecule has 1 aromatic carbocycles. The Morgan fingerprint density at radius 1 is 1.19 bits per heavy atom. The Morgan fingerprint density at radius 2 is 1.95 bits per heavy atom. The van der Waals surface area contributed by atoms with Crippen LogP contribution in [0.2, 0.25) is 0 Å². The highest BCUT2D eigenvalue weighted by molar-refractivity contribution is 5.80. The Morgan fingerprint density at radius 3 is 2.62 bits per heavy atom. The van der Waals surface area contributed by atoms with Gasteiger partial charge in [-0.25, -0.2) is 0 Å². The van der Waals surface area contributed by atoms with Crippen LogP contribution in [0.15, 0.2) is 18.2 Å². The summed E-state index contributed by atoms with van der Waals surface area (Å²) in [4.78, 5) is 11.6. The van der Waals surface area contributed by atoms with E-state index in [9.17, 15) is 4.79 Å². The zero-order valence-electron chi connectivity index (χ0n) is 14.1. The van der Waals surface area contributed by atoms with E-state index in [4.69, 9.17) is 4.74 Å². The zero-order valence-corrected chi connectivity index (χ0v) is 14.1. The number of aryl methyl sites for hydroxylation is 1. The van der Waals surface area contributed by atoms with Crippen LogP contribution in [0, 0.1) is 12.8 Å². The van der Waals surface area contributed by atoms with Gasteiger partial charge in [0.2, 0.25) is 0 Å². The number of hydrogen-bond acceptors (Lipinski definition) is 2. The second-order valence-corrected chi connectivity index (χ2v) is 6.07. The highest BCUT2D eigenvalue weighted by atomic mass is 16.5. The van der Waals surface area contributed by atoms with E-state index in [1.54, 1.807) is 0 Å². The van der Waals surface area contributed by atoms with E-state index in [2.05, 4.69) is 32.0 Å². The number of rotatable bonds is 10. The van der Waals surface area contributed by atoms with Crippen molar-refractivity contribution in [1.29, 1.82) is 0 Å². The number of Topliss-reactive ketones (excluding diaryl/α,β-unsaturated/α-hetero) is 1. The van der Waals surface area contributed by atoms with Crippen molar-refractivity contribution in [3.63, 3.8) is 0 Å². The van der Waals surface area contributed by atoms with Gasteiger partial charge in [-0.05, 0) is 49.8 Å². The Kier molecular flexibility index (Phi) is 8.11. The molecule has 0 saturated carbocycles. The van der Waals surface area contributed by atoms with Crippen LogP contribution in [0.3, 0.4) is 0 Å². The van der Waals surface area contributed by atoms with Gasteiger partial charge in [0.05, 0.1) is 6.61 Å². The standard InChI is InChI=1S/C19H30O2/c1-5-14-21-19-13-9-11-17(16(19)4)10-7-6-8-12-18(20)15(2)3/h9,11,13,15H,5-8,10,12,14H2,1-4H3. The summed E-state index contributed by atoms with van der Waals surface area (Å²) in [5.41, 5.74) is 2.64. The fourth-order valence-electron chi connectivity index (χ4n) is 2.38. The zero-order chi connectivity index (χ0) is 15.7. The van der Waals surface area contributed by atoms with Crippen molar-refractivity contribution < 1.29 is 9.53 Å². The number of unbranched alkanes of at least 4 members (excludes halogenated alkanes) is 2. The Labute approximate surface area is 129 Å². The molecule has 118 valence electrons. The van der Waals surface area contributed by atoms with E-state index in [1.165, 1.54) is 11.1 Å². The van der Waals surface area contributed by atoms with Gasteiger partial charge >= 0.3 is 0 Å². The summed E-state index contributed by atoms with van der Waals surface area (Å²) in [5.74, 6) is 1.59. The third-order valence-electron chi connectivity index (χ3n) is 3.87. The molecule has 0 aliphatic heterocycles. The fourth-order valence-corrected chi connectivity index (χ4v) is 2.38. The van der Waals surface area contributed by atoms with Gasteiger partial charge in [0.25, 0.3) is 0 Å². The summed E-state index contributed by atoms with van der Waals surface area (Å²) in [6.07, 6.45) is 6.12. The number of ether oxygens (including phenoxy) is 1. The van der Waals surface area contributed by atoms with Crippen molar-refractivity contribution in [3.05, 3.63) is 29.3 Å². The summed E-state index contributed by atoms with van der Waals surface area (Å²) in [7, 11) is 0. The molecule has 0 saturated heterocycles. The monoisotopic (exact) mass is 290 g/mol. The maximum absolute atomic E-state index is 11.6. The number of benzene rings is 1. The van der Waals surface area contributed by atoms with Crippen LogP contribution < -0.4 is 4.74 Å². The molecular formula is C19H30O2. The molecule has 2 heteroatoms. The molecule has 21 heavy (non-hydrogen) atoms. The van der Waals surface area contributed by atoms with Crippen molar-refractivity contribution >= 4 is 5.78 Å². The summed E-state index contributed by atoms with van der Waals surface area (Å²) >= 11 is 0. The van der Waals surface area contributed by atoms with Gasteiger partial charge in [-0.15, -0.1) is 0 Å². The fraction of sp³-hybridized carbons (Fsp3) is 0.632. The first-order valence-electron chi connectivity index (χ1n) is 8.30. The molecule has 0 radical (unpaired) electrons. The van der Waals surface area contributed by atoms with Gasteiger partial charge in [-0.2, -0.15) is 0 Å². The highest BCUT2D eigenvalue weighted by Crippen LogP contribution is 2.23. The highest BCUT2D eigenvalue weighted by Gasteiger charge is 2.07. The average Bonchev–Trinajstić information content (AvgIpc) is 2.46. The van der Waals surface area contributed by atoms with Crippen molar-refractivity contribution in [2.45, 2.75) is 66.2 Å². The van der Waals surface area contributed by atoms with Gasteiger partial charge in [0, 0.05) is 12.3 Å². The molecule has 0 aliphatic carbocycles. The van der Waals surface area contributed by atoms with Gasteiger partial charge in [0.1, 0.15) is 11.5 Å². The van der Waals surface area contributed by atoms with E-state index in [1.807, 2.05) is 13.8 Å². The molecule has 0 heterocycles. The Bertz CT molecular complexity index is 435. The summed E-state index contributed by atoms with van der Waals surface area (Å²) < 4.78 is 5.77. The predicted molar refractivity (Wildman–Crippen MR) is 89.0 cm³/mol. The molecule has 1 rings (SSSR count). The lowest BCUT2D eigenvalue weighted by Gasteiger charge is -2.12. The molecule has 1 aromatic rings. The van der Waals surface area contributed by atoms with Crippen molar-refractivity contribution in [2.75, 3.05) is 6.61 Å². The molecule has 0 amide bonds. The molecule has 0 unspecified atom stereocenters. The van der Waals surface area contributed by atoms with Crippen LogP contribution in [0.1, 0.15) is 64.0 Å². The smallest absolute Gasteiger partial charge is 0.135 e. The van der Waals surface area contributed by atoms with Crippen LogP contribution in [-0.2, 0) is 11.2 Å². The number of carbonyl (C=O) groups is 1. The Hall–Kier alpha value is -1.31. The first-order valence-corrected chi connectivity index (χ1v) is 8.30. The lowest BCUT2D eigenvalue weighted by molar-refractivity contribution is -0.122. The lowest BCUT2D eigenvalue weighted by Crippen LogP contribution is -2.06. The minimum Gasteiger partial charge on any atom is -0.493 e. The first-order chi connectivity index (χ1) is 10.1. The maximum Gasteiger partial charge on any atom is 0.135 e. The molecule has 0 fully saturated rings. The van der Waals surface area contributed by atoms with Crippen molar-refractivity contribution in [2.24, 2.45) is 5.92 Å². The second kappa shape index (κ2) is 9.59. The molecule has 0 aromatic heterocycles. The normalized spacial score (nSPS) is 10.9. The van der Waals surface area contributed by atoms with Crippen molar-refractivity contribution in [3.8, 4) is 5.75 Å². The number of carbonyl (C=O) groups excluding carboxylic acids is 1. The third kappa shape index (κ3) is 6.33. The van der Waals surface area contributed by atoms with E-state index >= 15 is 0 Å². The largest absolute Gasteiger partial charge is 0.493 e. The van der Waals surface area contributed by atoms with E-state index < -0.39 is 0 Å². The van der Waals surface area contributed by atoms with Gasteiger partial charge in [-0.1, -0.05) is 39.3 Å². The predicted octanol–water partition coefficient (Wildman–Crippen LogP) is 5.11. The molecule has 2 nitrogen and oxygen atoms in total. The quantitative estimate of drug-likeness (QED) is 0.560. The van der Waals surface area contributed by atoms with E-state index in [0.29, 0.717) is 5.78 Å². The van der Waals surface area contributed by atoms with E-state index in [-0.39, 0.29) is 5.92 Å². The number of hydrogen-bond donors (Lipinski definition) is 0. The molecule has 0 aliphatic rings. The van der Waals surface area contributed by atoms with Crippen LogP contribution in [-0.4, -0.2) is 12.4 Å². The van der Waals surface area contributed by atoms with Crippen LogP contribution in [0.25, 0.3) is 0 Å². The van der Waals surface area contributed by atoms with Crippen molar-refractivity contribution in [1.82, 2.24) is 0 Å². The summed E-state index contributed by atoms with van der Waals surface area (Å²) in [6, 6.07) is 6.32. The topological polar surface area (TPSA) is 26.3 Å². The van der Waals surface area contributed by atoms with Crippen LogP contribution in [0.5, 0.6) is 5.75 Å². The molecular weight excluding hydrogens is 260 g/mol. The Balaban J connectivity index is 2.36. The second-order valence-electron chi connectivity index (χ2n) is 6.07. The van der Waals surface area contributed by atoms with Crippen LogP contribution in [0.4, 0.5) is 0 Å². The lowest BCUT2D eigenvalue weighted by atomic mass is 9.99. The van der Waals surface area contributed by atoms with Gasteiger partial charge in [0.15, 0.2) is 0 Å². The third-order valence-corrected chi connectivity index (χ3v) is 3.87. The first kappa shape index (κ1) is 17.7. The van der Waals surface area contributed by atoms with Crippen LogP contribution >= 0.6 is 0 Å². The molecule has 0 spiro atoms. The number of ketones is 1.